The molecule has 1 unspecified atom stereocenters. The van der Waals surface area contributed by atoms with Gasteiger partial charge in [0.05, 0.1) is 17.1 Å². The molecule has 0 aliphatic heterocycles. The van der Waals surface area contributed by atoms with Gasteiger partial charge in [-0.25, -0.2) is 4.98 Å². The van der Waals surface area contributed by atoms with E-state index in [-0.39, 0.29) is 17.1 Å². The number of imidazole rings is 1. The van der Waals surface area contributed by atoms with Gasteiger partial charge >= 0.3 is 6.55 Å². The van der Waals surface area contributed by atoms with E-state index in [4.69, 9.17) is 4.42 Å². The van der Waals surface area contributed by atoms with E-state index in [1.807, 2.05) is 0 Å². The molecule has 0 amide bonds. The summed E-state index contributed by atoms with van der Waals surface area (Å²) in [4.78, 5) is 16.6. The van der Waals surface area contributed by atoms with Gasteiger partial charge in [0.15, 0.2) is 16.8 Å². The molecule has 24 heavy (non-hydrogen) atoms. The number of Topliss-reactive ketones (excluding diaryl/α,β-unsaturated/α-hetero) is 1. The maximum atomic E-state index is 13.5. The van der Waals surface area contributed by atoms with Gasteiger partial charge in [0.2, 0.25) is 5.78 Å². The lowest BCUT2D eigenvalue weighted by molar-refractivity contribution is 0.0698. The van der Waals surface area contributed by atoms with Crippen molar-refractivity contribution in [1.29, 1.82) is 5.26 Å². The lowest BCUT2D eigenvalue weighted by atomic mass is 10.0. The Hall–Kier alpha value is -2.66. The molecular weight excluding hydrogens is 336 g/mol. The lowest BCUT2D eigenvalue weighted by Crippen LogP contribution is -2.17. The molecule has 0 aliphatic rings. The van der Waals surface area contributed by atoms with E-state index in [2.05, 4.69) is 4.98 Å². The standard InChI is InChI=1S/C16H11F2N3O2S/c1-24-13-7-6-12(23-13)14(22)9(8-19)15-20-10-4-2-3-5-11(10)21(15)16(17)18/h2-7,9,16H,1H3. The molecule has 8 heteroatoms. The van der Waals surface area contributed by atoms with Crippen molar-refractivity contribution in [3.05, 3.63) is 48.0 Å². The molecule has 0 spiro atoms. The Labute approximate surface area is 139 Å². The van der Waals surface area contributed by atoms with Crippen molar-refractivity contribution < 1.29 is 18.0 Å². The van der Waals surface area contributed by atoms with Gasteiger partial charge in [0.1, 0.15) is 5.82 Å². The Morgan fingerprint density at radius 3 is 2.71 bits per heavy atom. The van der Waals surface area contributed by atoms with Gasteiger partial charge in [0, 0.05) is 0 Å². The third-order valence-electron chi connectivity index (χ3n) is 3.49. The minimum atomic E-state index is -2.92. The lowest BCUT2D eigenvalue weighted by Gasteiger charge is -2.10. The average molecular weight is 347 g/mol. The fourth-order valence-electron chi connectivity index (χ4n) is 2.41. The van der Waals surface area contributed by atoms with Gasteiger partial charge in [-0.15, -0.1) is 0 Å². The third kappa shape index (κ3) is 2.67. The molecule has 0 N–H and O–H groups in total. The van der Waals surface area contributed by atoms with Crippen molar-refractivity contribution >= 4 is 28.6 Å². The summed E-state index contributed by atoms with van der Waals surface area (Å²) < 4.78 is 32.9. The van der Waals surface area contributed by atoms with Gasteiger partial charge in [0.25, 0.3) is 0 Å². The number of nitrogens with zero attached hydrogens (tertiary/aromatic N) is 3. The Bertz CT molecular complexity index is 942. The third-order valence-corrected chi connectivity index (χ3v) is 4.11. The molecule has 0 bridgehead atoms. The van der Waals surface area contributed by atoms with Crippen LogP contribution < -0.4 is 0 Å². The molecule has 1 aromatic carbocycles. The number of carbonyl (C=O) groups excluding carboxylic acids is 1. The Morgan fingerprint density at radius 1 is 1.33 bits per heavy atom. The van der Waals surface area contributed by atoms with Crippen molar-refractivity contribution in [1.82, 2.24) is 9.55 Å². The van der Waals surface area contributed by atoms with Crippen molar-refractivity contribution in [2.45, 2.75) is 17.6 Å². The van der Waals surface area contributed by atoms with E-state index in [1.54, 1.807) is 36.6 Å². The number of halogens is 2. The van der Waals surface area contributed by atoms with Gasteiger partial charge in [-0.3, -0.25) is 9.36 Å². The summed E-state index contributed by atoms with van der Waals surface area (Å²) >= 11 is 1.29. The molecule has 122 valence electrons. The number of furan rings is 1. The number of benzene rings is 1. The van der Waals surface area contributed by atoms with Crippen LogP contribution in [0.2, 0.25) is 0 Å². The number of rotatable bonds is 5. The molecule has 3 rings (SSSR count). The van der Waals surface area contributed by atoms with Crippen LogP contribution in [0.15, 0.2) is 45.9 Å². The highest BCUT2D eigenvalue weighted by Crippen LogP contribution is 2.30. The summed E-state index contributed by atoms with van der Waals surface area (Å²) in [5, 5.41) is 9.89. The van der Waals surface area contributed by atoms with E-state index < -0.39 is 18.3 Å². The fraction of sp³-hybridized carbons (Fsp3) is 0.188. The number of nitriles is 1. The molecule has 2 heterocycles. The molecule has 2 aromatic heterocycles. The fourth-order valence-corrected chi connectivity index (χ4v) is 2.79. The summed E-state index contributed by atoms with van der Waals surface area (Å²) in [6.07, 6.45) is 1.77. The van der Waals surface area contributed by atoms with E-state index in [9.17, 15) is 18.8 Å². The number of fused-ring (bicyclic) bond motifs is 1. The SMILES string of the molecule is CSc1ccc(C(=O)C(C#N)c2nc3ccccc3n2C(F)F)o1. The second-order valence-corrected chi connectivity index (χ2v) is 5.67. The van der Waals surface area contributed by atoms with Crippen LogP contribution in [0.5, 0.6) is 0 Å². The van der Waals surface area contributed by atoms with Crippen LogP contribution in [0.4, 0.5) is 8.78 Å². The topological polar surface area (TPSA) is 71.8 Å². The summed E-state index contributed by atoms with van der Waals surface area (Å²) in [6.45, 7) is -2.92. The number of carbonyl (C=O) groups is 1. The molecule has 0 aliphatic carbocycles. The summed E-state index contributed by atoms with van der Waals surface area (Å²) in [5.41, 5.74) is 0.463. The maximum Gasteiger partial charge on any atom is 0.320 e. The monoisotopic (exact) mass is 347 g/mol. The number of hydrogen-bond donors (Lipinski definition) is 0. The Morgan fingerprint density at radius 2 is 2.08 bits per heavy atom. The van der Waals surface area contributed by atoms with Gasteiger partial charge < -0.3 is 4.42 Å². The average Bonchev–Trinajstić information content (AvgIpc) is 3.19. The van der Waals surface area contributed by atoms with Crippen molar-refractivity contribution in [2.24, 2.45) is 0 Å². The second kappa shape index (κ2) is 6.45. The zero-order valence-electron chi connectivity index (χ0n) is 12.4. The van der Waals surface area contributed by atoms with Crippen molar-refractivity contribution in [3.63, 3.8) is 0 Å². The van der Waals surface area contributed by atoms with E-state index >= 15 is 0 Å². The number of hydrogen-bond acceptors (Lipinski definition) is 5. The number of thioether (sulfide) groups is 1. The number of ketones is 1. The molecule has 0 saturated heterocycles. The van der Waals surface area contributed by atoms with Crippen LogP contribution in [0, 0.1) is 11.3 Å². The smallest absolute Gasteiger partial charge is 0.320 e. The largest absolute Gasteiger partial charge is 0.447 e. The zero-order chi connectivity index (χ0) is 17.3. The molecule has 0 fully saturated rings. The molecule has 0 radical (unpaired) electrons. The first-order chi connectivity index (χ1) is 11.6. The molecule has 3 aromatic rings. The second-order valence-electron chi connectivity index (χ2n) is 4.86. The molecule has 0 saturated carbocycles. The van der Waals surface area contributed by atoms with Crippen LogP contribution in [-0.4, -0.2) is 21.6 Å². The molecule has 1 atom stereocenters. The van der Waals surface area contributed by atoms with E-state index in [0.29, 0.717) is 15.2 Å². The predicted octanol–water partition coefficient (Wildman–Crippen LogP) is 4.24. The normalized spacial score (nSPS) is 12.5. The van der Waals surface area contributed by atoms with Crippen molar-refractivity contribution in [2.75, 3.05) is 6.26 Å². The molecular formula is C16H11F2N3O2S. The highest BCUT2D eigenvalue weighted by molar-refractivity contribution is 7.98. The van der Waals surface area contributed by atoms with E-state index in [1.165, 1.54) is 23.9 Å². The first kappa shape index (κ1) is 16.2. The first-order valence-corrected chi connectivity index (χ1v) is 8.12. The van der Waals surface area contributed by atoms with Gasteiger partial charge in [-0.2, -0.15) is 14.0 Å². The van der Waals surface area contributed by atoms with Crippen molar-refractivity contribution in [3.8, 4) is 6.07 Å². The Kier molecular flexibility index (Phi) is 4.36. The zero-order valence-corrected chi connectivity index (χ0v) is 13.3. The Balaban J connectivity index is 2.11. The number of para-hydroxylation sites is 2. The summed E-state index contributed by atoms with van der Waals surface area (Å²) in [5.74, 6) is -2.53. The van der Waals surface area contributed by atoms with Crippen LogP contribution in [0.25, 0.3) is 11.0 Å². The highest BCUT2D eigenvalue weighted by atomic mass is 32.2. The quantitative estimate of drug-likeness (QED) is 0.510. The van der Waals surface area contributed by atoms with Gasteiger partial charge in [-0.05, 0) is 30.5 Å². The van der Waals surface area contributed by atoms with Gasteiger partial charge in [-0.1, -0.05) is 23.9 Å². The van der Waals surface area contributed by atoms with E-state index in [0.717, 1.165) is 0 Å². The summed E-state index contributed by atoms with van der Waals surface area (Å²) in [7, 11) is 0. The number of aromatic nitrogens is 2. The van der Waals surface area contributed by atoms with Crippen LogP contribution in [0.1, 0.15) is 28.8 Å². The number of alkyl halides is 2. The minimum absolute atomic E-state index is 0.0567. The highest BCUT2D eigenvalue weighted by Gasteiger charge is 2.32. The minimum Gasteiger partial charge on any atom is -0.447 e. The van der Waals surface area contributed by atoms with Crippen LogP contribution in [0.3, 0.4) is 0 Å². The maximum absolute atomic E-state index is 13.5. The van der Waals surface area contributed by atoms with Crippen LogP contribution >= 0.6 is 11.8 Å². The van der Waals surface area contributed by atoms with Crippen LogP contribution in [-0.2, 0) is 0 Å². The first-order valence-electron chi connectivity index (χ1n) is 6.89. The molecule has 5 nitrogen and oxygen atoms in total. The predicted molar refractivity (Wildman–Crippen MR) is 84.2 cm³/mol. The summed E-state index contributed by atoms with van der Waals surface area (Å²) in [6, 6.07) is 11.0.